The summed E-state index contributed by atoms with van der Waals surface area (Å²) in [6, 6.07) is 12.5. The summed E-state index contributed by atoms with van der Waals surface area (Å²) in [7, 11) is 0. The molecule has 0 fully saturated rings. The molecule has 2 N–H and O–H groups in total. The van der Waals surface area contributed by atoms with Gasteiger partial charge in [0.15, 0.2) is 5.82 Å². The van der Waals surface area contributed by atoms with E-state index in [0.29, 0.717) is 11.2 Å². The van der Waals surface area contributed by atoms with Gasteiger partial charge in [-0.15, -0.1) is 0 Å². The molecule has 0 saturated carbocycles. The van der Waals surface area contributed by atoms with Crippen LogP contribution in [0.3, 0.4) is 0 Å². The predicted molar refractivity (Wildman–Crippen MR) is 75.2 cm³/mol. The number of imidazole rings is 1. The fraction of sp³-hybridized carbons (Fsp3) is 0.133. The van der Waals surface area contributed by atoms with E-state index in [2.05, 4.69) is 4.98 Å². The zero-order valence-electron chi connectivity index (χ0n) is 10.6. The van der Waals surface area contributed by atoms with E-state index in [-0.39, 0.29) is 5.82 Å². The minimum atomic E-state index is -0.290. The number of fused-ring (bicyclic) bond motifs is 1. The van der Waals surface area contributed by atoms with Crippen LogP contribution < -0.4 is 5.73 Å². The lowest BCUT2D eigenvalue weighted by Crippen LogP contribution is -1.97. The van der Waals surface area contributed by atoms with Gasteiger partial charge >= 0.3 is 0 Å². The average Bonchev–Trinajstić information content (AvgIpc) is 2.79. The summed E-state index contributed by atoms with van der Waals surface area (Å²) in [6.07, 6.45) is 0. The largest absolute Gasteiger partial charge is 0.399 e. The minimum absolute atomic E-state index is 0.290. The zero-order chi connectivity index (χ0) is 13.4. The number of benzene rings is 2. The highest BCUT2D eigenvalue weighted by Crippen LogP contribution is 2.26. The topological polar surface area (TPSA) is 43.8 Å². The standard InChI is InChI=1S/C15H14FN3/c1-2-19-13-5-3-4-12(16)14(13)18-15(19)10-6-8-11(17)9-7-10/h3-9H,2,17H2,1H3. The van der Waals surface area contributed by atoms with E-state index in [9.17, 15) is 4.39 Å². The average molecular weight is 255 g/mol. The Labute approximate surface area is 110 Å². The lowest BCUT2D eigenvalue weighted by Gasteiger charge is -2.06. The highest BCUT2D eigenvalue weighted by Gasteiger charge is 2.13. The Balaban J connectivity index is 2.29. The molecule has 0 amide bonds. The van der Waals surface area contributed by atoms with E-state index in [1.807, 2.05) is 41.8 Å². The number of nitrogens with two attached hydrogens (primary N) is 1. The van der Waals surface area contributed by atoms with Crippen LogP contribution in [0.2, 0.25) is 0 Å². The number of para-hydroxylation sites is 1. The van der Waals surface area contributed by atoms with Crippen molar-refractivity contribution in [3.05, 3.63) is 48.3 Å². The number of nitrogens with zero attached hydrogens (tertiary/aromatic N) is 2. The zero-order valence-corrected chi connectivity index (χ0v) is 10.6. The lowest BCUT2D eigenvalue weighted by atomic mass is 10.2. The van der Waals surface area contributed by atoms with E-state index in [1.54, 1.807) is 6.07 Å². The first-order chi connectivity index (χ1) is 9.20. The molecule has 0 spiro atoms. The predicted octanol–water partition coefficient (Wildman–Crippen LogP) is 3.44. The fourth-order valence-corrected chi connectivity index (χ4v) is 2.29. The summed E-state index contributed by atoms with van der Waals surface area (Å²) in [5.74, 6) is 0.476. The summed E-state index contributed by atoms with van der Waals surface area (Å²) in [5.41, 5.74) is 8.55. The number of halogens is 1. The molecule has 2 aromatic carbocycles. The molecular weight excluding hydrogens is 241 g/mol. The second-order valence-corrected chi connectivity index (χ2v) is 4.41. The fourth-order valence-electron chi connectivity index (χ4n) is 2.29. The van der Waals surface area contributed by atoms with Crippen molar-refractivity contribution in [2.45, 2.75) is 13.5 Å². The van der Waals surface area contributed by atoms with Crippen molar-refractivity contribution in [3.63, 3.8) is 0 Å². The first kappa shape index (κ1) is 11.7. The summed E-state index contributed by atoms with van der Waals surface area (Å²) < 4.78 is 15.8. The number of rotatable bonds is 2. The van der Waals surface area contributed by atoms with Crippen LogP contribution in [0.15, 0.2) is 42.5 Å². The van der Waals surface area contributed by atoms with Gasteiger partial charge in [-0.25, -0.2) is 9.37 Å². The van der Waals surface area contributed by atoms with Crippen LogP contribution in [0.25, 0.3) is 22.4 Å². The second kappa shape index (κ2) is 4.39. The third-order valence-corrected chi connectivity index (χ3v) is 3.21. The highest BCUT2D eigenvalue weighted by molar-refractivity contribution is 5.81. The Kier molecular flexibility index (Phi) is 2.71. The third-order valence-electron chi connectivity index (χ3n) is 3.21. The number of hydrogen-bond acceptors (Lipinski definition) is 2. The van der Waals surface area contributed by atoms with E-state index in [0.717, 1.165) is 23.4 Å². The Morgan fingerprint density at radius 2 is 1.89 bits per heavy atom. The van der Waals surface area contributed by atoms with E-state index >= 15 is 0 Å². The first-order valence-corrected chi connectivity index (χ1v) is 6.21. The van der Waals surface area contributed by atoms with Gasteiger partial charge in [0, 0.05) is 17.8 Å². The first-order valence-electron chi connectivity index (χ1n) is 6.21. The molecule has 1 heterocycles. The second-order valence-electron chi connectivity index (χ2n) is 4.41. The van der Waals surface area contributed by atoms with Crippen LogP contribution in [0.1, 0.15) is 6.92 Å². The molecule has 0 radical (unpaired) electrons. The smallest absolute Gasteiger partial charge is 0.151 e. The quantitative estimate of drug-likeness (QED) is 0.713. The van der Waals surface area contributed by atoms with Crippen LogP contribution in [-0.4, -0.2) is 9.55 Å². The molecule has 0 bridgehead atoms. The van der Waals surface area contributed by atoms with Crippen LogP contribution in [0.5, 0.6) is 0 Å². The Bertz CT molecular complexity index is 729. The third kappa shape index (κ3) is 1.85. The number of anilines is 1. The van der Waals surface area contributed by atoms with Crippen molar-refractivity contribution in [1.29, 1.82) is 0 Å². The SMILES string of the molecule is CCn1c(-c2ccc(N)cc2)nc2c(F)cccc21. The molecule has 0 aliphatic carbocycles. The van der Waals surface area contributed by atoms with Gasteiger partial charge in [0.2, 0.25) is 0 Å². The number of hydrogen-bond donors (Lipinski definition) is 1. The van der Waals surface area contributed by atoms with Crippen molar-refractivity contribution in [3.8, 4) is 11.4 Å². The molecule has 19 heavy (non-hydrogen) atoms. The molecule has 0 atom stereocenters. The van der Waals surface area contributed by atoms with E-state index < -0.39 is 0 Å². The van der Waals surface area contributed by atoms with Gasteiger partial charge in [-0.3, -0.25) is 0 Å². The number of aromatic nitrogens is 2. The normalized spacial score (nSPS) is 11.1. The molecule has 96 valence electrons. The van der Waals surface area contributed by atoms with Gasteiger partial charge in [-0.1, -0.05) is 6.07 Å². The molecule has 0 saturated heterocycles. The van der Waals surface area contributed by atoms with Crippen LogP contribution in [0, 0.1) is 5.82 Å². The van der Waals surface area contributed by atoms with Crippen molar-refractivity contribution in [2.75, 3.05) is 5.73 Å². The number of nitrogen functional groups attached to an aromatic ring is 1. The van der Waals surface area contributed by atoms with Gasteiger partial charge in [-0.05, 0) is 43.3 Å². The minimum Gasteiger partial charge on any atom is -0.399 e. The summed E-state index contributed by atoms with van der Waals surface area (Å²) in [5, 5.41) is 0. The lowest BCUT2D eigenvalue weighted by molar-refractivity contribution is 0.637. The molecule has 0 aliphatic heterocycles. The number of aryl methyl sites for hydroxylation is 1. The summed E-state index contributed by atoms with van der Waals surface area (Å²) >= 11 is 0. The highest BCUT2D eigenvalue weighted by atomic mass is 19.1. The Morgan fingerprint density at radius 3 is 2.58 bits per heavy atom. The summed E-state index contributed by atoms with van der Waals surface area (Å²) in [6.45, 7) is 2.76. The molecule has 3 rings (SSSR count). The van der Waals surface area contributed by atoms with Crippen molar-refractivity contribution in [1.82, 2.24) is 9.55 Å². The van der Waals surface area contributed by atoms with Gasteiger partial charge in [0.05, 0.1) is 5.52 Å². The van der Waals surface area contributed by atoms with E-state index in [4.69, 9.17) is 5.73 Å². The molecule has 0 aliphatic rings. The van der Waals surface area contributed by atoms with Crippen LogP contribution in [0.4, 0.5) is 10.1 Å². The molecule has 4 heteroatoms. The summed E-state index contributed by atoms with van der Waals surface area (Å²) in [4.78, 5) is 4.43. The maximum absolute atomic E-state index is 13.8. The van der Waals surface area contributed by atoms with Gasteiger partial charge in [0.25, 0.3) is 0 Å². The van der Waals surface area contributed by atoms with Crippen LogP contribution >= 0.6 is 0 Å². The Hall–Kier alpha value is -2.36. The monoisotopic (exact) mass is 255 g/mol. The maximum atomic E-state index is 13.8. The maximum Gasteiger partial charge on any atom is 0.151 e. The molecular formula is C15H14FN3. The van der Waals surface area contributed by atoms with Crippen molar-refractivity contribution >= 4 is 16.7 Å². The van der Waals surface area contributed by atoms with Crippen molar-refractivity contribution in [2.24, 2.45) is 0 Å². The van der Waals surface area contributed by atoms with Gasteiger partial charge < -0.3 is 10.3 Å². The van der Waals surface area contributed by atoms with Gasteiger partial charge in [-0.2, -0.15) is 0 Å². The van der Waals surface area contributed by atoms with Crippen molar-refractivity contribution < 1.29 is 4.39 Å². The molecule has 0 unspecified atom stereocenters. The molecule has 1 aromatic heterocycles. The van der Waals surface area contributed by atoms with Gasteiger partial charge in [0.1, 0.15) is 11.3 Å². The Morgan fingerprint density at radius 1 is 1.16 bits per heavy atom. The van der Waals surface area contributed by atoms with Crippen LogP contribution in [-0.2, 0) is 6.54 Å². The van der Waals surface area contributed by atoms with E-state index in [1.165, 1.54) is 6.07 Å². The molecule has 3 nitrogen and oxygen atoms in total. The molecule has 3 aromatic rings.